The Labute approximate surface area is 73.0 Å². The van der Waals surface area contributed by atoms with Crippen molar-refractivity contribution in [3.05, 3.63) is 0 Å². The molecule has 0 radical (unpaired) electrons. The van der Waals surface area contributed by atoms with Gasteiger partial charge in [-0.25, -0.2) is 0 Å². The van der Waals surface area contributed by atoms with Gasteiger partial charge >= 0.3 is 0 Å². The molecule has 12 heavy (non-hydrogen) atoms. The van der Waals surface area contributed by atoms with Crippen LogP contribution in [0.2, 0.25) is 0 Å². The summed E-state index contributed by atoms with van der Waals surface area (Å²) in [5.41, 5.74) is 0. The van der Waals surface area contributed by atoms with Crippen LogP contribution in [0.1, 0.15) is 32.1 Å². The van der Waals surface area contributed by atoms with Gasteiger partial charge in [0.15, 0.2) is 0 Å². The van der Waals surface area contributed by atoms with Gasteiger partial charge in [-0.05, 0) is 31.6 Å². The molecule has 0 aliphatic heterocycles. The average Bonchev–Trinajstić information content (AvgIpc) is 2.04. The molecule has 2 heteroatoms. The number of hydrogen-bond acceptors (Lipinski definition) is 2. The third-order valence-electron chi connectivity index (χ3n) is 3.40. The number of carbonyl (C=O) groups excluding carboxylic acids is 1. The summed E-state index contributed by atoms with van der Waals surface area (Å²) < 4.78 is 0. The van der Waals surface area contributed by atoms with Crippen molar-refractivity contribution in [2.45, 2.75) is 32.1 Å². The molecule has 2 bridgehead atoms. The van der Waals surface area contributed by atoms with Crippen LogP contribution >= 0.6 is 0 Å². The van der Waals surface area contributed by atoms with E-state index in [1.165, 1.54) is 6.42 Å². The maximum atomic E-state index is 11.6. The lowest BCUT2D eigenvalue weighted by Crippen LogP contribution is -2.37. The summed E-state index contributed by atoms with van der Waals surface area (Å²) >= 11 is 0. The van der Waals surface area contributed by atoms with Gasteiger partial charge in [-0.2, -0.15) is 0 Å². The van der Waals surface area contributed by atoms with E-state index in [9.17, 15) is 4.79 Å². The number of hydrogen-bond donors (Lipinski definition) is 1. The van der Waals surface area contributed by atoms with E-state index in [-0.39, 0.29) is 6.61 Å². The first-order chi connectivity index (χ1) is 5.81. The Morgan fingerprint density at radius 2 is 1.83 bits per heavy atom. The number of carbonyl (C=O) groups is 1. The Kier molecular flexibility index (Phi) is 2.18. The third kappa shape index (κ3) is 1.28. The number of rotatable bonds is 1. The summed E-state index contributed by atoms with van der Waals surface area (Å²) in [5, 5.41) is 9.02. The van der Waals surface area contributed by atoms with Crippen LogP contribution in [0, 0.1) is 17.8 Å². The molecule has 2 nitrogen and oxygen atoms in total. The molecule has 68 valence electrons. The van der Waals surface area contributed by atoms with E-state index >= 15 is 0 Å². The number of aliphatic hydroxyl groups excluding tert-OH is 1. The minimum atomic E-state index is 0.278. The summed E-state index contributed by atoms with van der Waals surface area (Å²) in [6.07, 6.45) is 5.27. The summed E-state index contributed by atoms with van der Waals surface area (Å²) in [5.74, 6) is 1.51. The highest BCUT2D eigenvalue weighted by Gasteiger charge is 2.38. The van der Waals surface area contributed by atoms with Crippen LogP contribution in [0.15, 0.2) is 0 Å². The van der Waals surface area contributed by atoms with E-state index < -0.39 is 0 Å². The Bertz CT molecular complexity index is 172. The highest BCUT2D eigenvalue weighted by Crippen LogP contribution is 2.39. The van der Waals surface area contributed by atoms with Crippen molar-refractivity contribution in [2.24, 2.45) is 17.8 Å². The van der Waals surface area contributed by atoms with Crippen molar-refractivity contribution in [2.75, 3.05) is 6.61 Å². The van der Waals surface area contributed by atoms with Crippen molar-refractivity contribution < 1.29 is 9.90 Å². The normalized spacial score (nSPS) is 41.4. The van der Waals surface area contributed by atoms with Crippen LogP contribution in [0.4, 0.5) is 0 Å². The molecule has 0 aromatic rings. The Hall–Kier alpha value is -0.370. The molecule has 2 aliphatic rings. The van der Waals surface area contributed by atoms with Crippen LogP contribution in [-0.4, -0.2) is 17.5 Å². The van der Waals surface area contributed by atoms with E-state index in [1.54, 1.807) is 0 Å². The lowest BCUT2D eigenvalue weighted by molar-refractivity contribution is -0.133. The number of aliphatic hydroxyl groups is 1. The van der Waals surface area contributed by atoms with E-state index in [0.29, 0.717) is 23.5 Å². The first-order valence-corrected chi connectivity index (χ1v) is 4.96. The molecule has 0 heterocycles. The van der Waals surface area contributed by atoms with Crippen molar-refractivity contribution in [1.82, 2.24) is 0 Å². The van der Waals surface area contributed by atoms with Gasteiger partial charge < -0.3 is 5.11 Å². The minimum absolute atomic E-state index is 0.278. The fraction of sp³-hybridized carbons (Fsp3) is 0.900. The lowest BCUT2D eigenvalue weighted by atomic mass is 9.67. The summed E-state index contributed by atoms with van der Waals surface area (Å²) in [7, 11) is 0. The SMILES string of the molecule is O=C1C2CCCC1CC(CO)C2. The van der Waals surface area contributed by atoms with Crippen molar-refractivity contribution in [3.8, 4) is 0 Å². The standard InChI is InChI=1S/C10H16O2/c11-6-7-4-8-2-1-3-9(5-7)10(8)12/h7-9,11H,1-6H2. The number of Topliss-reactive ketones (excluding diaryl/α,β-unsaturated/α-hetero) is 1. The van der Waals surface area contributed by atoms with Crippen LogP contribution in [0.25, 0.3) is 0 Å². The molecule has 2 aliphatic carbocycles. The van der Waals surface area contributed by atoms with Gasteiger partial charge in [0.1, 0.15) is 5.78 Å². The van der Waals surface area contributed by atoms with Gasteiger partial charge in [-0.1, -0.05) is 6.42 Å². The predicted molar refractivity (Wildman–Crippen MR) is 45.6 cm³/mol. The smallest absolute Gasteiger partial charge is 0.139 e. The predicted octanol–water partition coefficient (Wildman–Crippen LogP) is 1.37. The molecule has 2 atom stereocenters. The molecule has 2 saturated carbocycles. The van der Waals surface area contributed by atoms with Crippen LogP contribution in [0.5, 0.6) is 0 Å². The lowest BCUT2D eigenvalue weighted by Gasteiger charge is -2.36. The maximum Gasteiger partial charge on any atom is 0.139 e. The molecular formula is C10H16O2. The first-order valence-electron chi connectivity index (χ1n) is 4.96. The second kappa shape index (κ2) is 3.17. The monoisotopic (exact) mass is 168 g/mol. The first kappa shape index (κ1) is 8.24. The van der Waals surface area contributed by atoms with E-state index in [1.807, 2.05) is 0 Å². The minimum Gasteiger partial charge on any atom is -0.396 e. The molecule has 0 amide bonds. The fourth-order valence-electron chi connectivity index (χ4n) is 2.75. The van der Waals surface area contributed by atoms with Gasteiger partial charge in [0.05, 0.1) is 0 Å². The summed E-state index contributed by atoms with van der Waals surface area (Å²) in [6.45, 7) is 0.278. The molecule has 2 rings (SSSR count). The highest BCUT2D eigenvalue weighted by atomic mass is 16.3. The molecule has 0 aromatic heterocycles. The van der Waals surface area contributed by atoms with E-state index in [2.05, 4.69) is 0 Å². The largest absolute Gasteiger partial charge is 0.396 e. The maximum absolute atomic E-state index is 11.6. The second-order valence-corrected chi connectivity index (χ2v) is 4.25. The number of ketones is 1. The molecule has 2 unspecified atom stereocenters. The molecule has 2 fully saturated rings. The van der Waals surface area contributed by atoms with Crippen LogP contribution in [0.3, 0.4) is 0 Å². The van der Waals surface area contributed by atoms with Gasteiger partial charge in [-0.3, -0.25) is 4.79 Å². The second-order valence-electron chi connectivity index (χ2n) is 4.25. The summed E-state index contributed by atoms with van der Waals surface area (Å²) in [4.78, 5) is 11.6. The zero-order chi connectivity index (χ0) is 8.55. The number of fused-ring (bicyclic) bond motifs is 2. The Balaban J connectivity index is 2.07. The molecule has 0 aromatic carbocycles. The average molecular weight is 168 g/mol. The van der Waals surface area contributed by atoms with E-state index in [4.69, 9.17) is 5.11 Å². The van der Waals surface area contributed by atoms with Crippen molar-refractivity contribution in [3.63, 3.8) is 0 Å². The van der Waals surface area contributed by atoms with Gasteiger partial charge in [0.25, 0.3) is 0 Å². The van der Waals surface area contributed by atoms with Crippen LogP contribution in [-0.2, 0) is 4.79 Å². The van der Waals surface area contributed by atoms with Gasteiger partial charge in [0.2, 0.25) is 0 Å². The third-order valence-corrected chi connectivity index (χ3v) is 3.40. The Morgan fingerprint density at radius 3 is 2.33 bits per heavy atom. The molecule has 1 N–H and O–H groups in total. The molecular weight excluding hydrogens is 152 g/mol. The zero-order valence-electron chi connectivity index (χ0n) is 7.33. The Morgan fingerprint density at radius 1 is 1.25 bits per heavy atom. The van der Waals surface area contributed by atoms with Crippen molar-refractivity contribution >= 4 is 5.78 Å². The van der Waals surface area contributed by atoms with Gasteiger partial charge in [-0.15, -0.1) is 0 Å². The van der Waals surface area contributed by atoms with E-state index in [0.717, 1.165) is 25.7 Å². The quantitative estimate of drug-likeness (QED) is 0.642. The van der Waals surface area contributed by atoms with Gasteiger partial charge in [0, 0.05) is 18.4 Å². The molecule has 0 saturated heterocycles. The van der Waals surface area contributed by atoms with Crippen molar-refractivity contribution in [1.29, 1.82) is 0 Å². The van der Waals surface area contributed by atoms with Crippen LogP contribution < -0.4 is 0 Å². The topological polar surface area (TPSA) is 37.3 Å². The molecule has 0 spiro atoms. The zero-order valence-corrected chi connectivity index (χ0v) is 7.33. The highest BCUT2D eigenvalue weighted by molar-refractivity contribution is 5.84. The fourth-order valence-corrected chi connectivity index (χ4v) is 2.75. The summed E-state index contributed by atoms with van der Waals surface area (Å²) in [6, 6.07) is 0.